The molecule has 0 aromatic heterocycles. The quantitative estimate of drug-likeness (QED) is 0.584. The summed E-state index contributed by atoms with van der Waals surface area (Å²) >= 11 is 0. The Hall–Kier alpha value is -0.880. The van der Waals surface area contributed by atoms with Crippen LogP contribution in [0.5, 0.6) is 0 Å². The summed E-state index contributed by atoms with van der Waals surface area (Å²) in [6.07, 6.45) is -0.171. The van der Waals surface area contributed by atoms with E-state index in [0.29, 0.717) is 6.61 Å². The molecule has 0 saturated carbocycles. The maximum atomic E-state index is 5.23. The van der Waals surface area contributed by atoms with Crippen LogP contribution in [0, 0.1) is 0 Å². The van der Waals surface area contributed by atoms with Crippen molar-refractivity contribution in [1.82, 2.24) is 5.32 Å². The maximum absolute atomic E-state index is 5.23. The van der Waals surface area contributed by atoms with Crippen molar-refractivity contribution >= 4 is 0 Å². The van der Waals surface area contributed by atoms with E-state index < -0.39 is 0 Å². The maximum Gasteiger partial charge on any atom is 0.202 e. The van der Waals surface area contributed by atoms with Crippen LogP contribution >= 0.6 is 0 Å². The van der Waals surface area contributed by atoms with Gasteiger partial charge in [-0.05, 0) is 10.4 Å². The summed E-state index contributed by atoms with van der Waals surface area (Å²) < 4.78 is 5.23. The summed E-state index contributed by atoms with van der Waals surface area (Å²) in [5.41, 5.74) is 0. The minimum absolute atomic E-state index is 0.152. The number of nitrogens with one attached hydrogen (secondary N) is 1. The molecule has 2 aliphatic heterocycles. The molecule has 0 bridgehead atoms. The number of hydrogen-bond donors (Lipinski definition) is 1. The van der Waals surface area contributed by atoms with E-state index in [9.17, 15) is 0 Å². The Morgan fingerprint density at radius 1 is 1.27 bits per heavy atom. The standard InChI is InChI=1S/C5H9N5O/c1-2-11-3-4(6-1)5-7-9-10-8-5/h4-6H,1-3H2. The Bertz CT molecular complexity index is 173. The highest BCUT2D eigenvalue weighted by molar-refractivity contribution is 4.81. The van der Waals surface area contributed by atoms with Gasteiger partial charge in [-0.2, -0.15) is 0 Å². The topological polar surface area (TPSA) is 70.7 Å². The van der Waals surface area contributed by atoms with E-state index in [0.717, 1.165) is 13.2 Å². The van der Waals surface area contributed by atoms with Gasteiger partial charge in [-0.25, -0.2) is 0 Å². The van der Waals surface area contributed by atoms with Crippen LogP contribution in [0.25, 0.3) is 0 Å². The number of hydrogen-bond acceptors (Lipinski definition) is 6. The van der Waals surface area contributed by atoms with Gasteiger partial charge in [-0.1, -0.05) is 0 Å². The Morgan fingerprint density at radius 3 is 2.73 bits per heavy atom. The fourth-order valence-electron chi connectivity index (χ4n) is 1.11. The molecule has 1 atom stereocenters. The average Bonchev–Trinajstić information content (AvgIpc) is 2.58. The molecule has 0 aromatic rings. The van der Waals surface area contributed by atoms with Crippen molar-refractivity contribution in [2.45, 2.75) is 12.2 Å². The zero-order chi connectivity index (χ0) is 7.52. The lowest BCUT2D eigenvalue weighted by atomic mass is 10.2. The minimum Gasteiger partial charge on any atom is -0.378 e. The lowest BCUT2D eigenvalue weighted by molar-refractivity contribution is 0.0694. The number of rotatable bonds is 1. The molecule has 2 aliphatic rings. The van der Waals surface area contributed by atoms with Crippen LogP contribution in [0.3, 0.4) is 0 Å². The Labute approximate surface area is 63.7 Å². The van der Waals surface area contributed by atoms with E-state index >= 15 is 0 Å². The van der Waals surface area contributed by atoms with Crippen molar-refractivity contribution < 1.29 is 4.74 Å². The third kappa shape index (κ3) is 1.41. The van der Waals surface area contributed by atoms with Gasteiger partial charge >= 0.3 is 0 Å². The van der Waals surface area contributed by atoms with E-state index in [-0.39, 0.29) is 12.2 Å². The van der Waals surface area contributed by atoms with Crippen LogP contribution in [0.15, 0.2) is 20.7 Å². The second-order valence-corrected chi connectivity index (χ2v) is 2.46. The van der Waals surface area contributed by atoms with Crippen LogP contribution in [-0.2, 0) is 4.74 Å². The van der Waals surface area contributed by atoms with E-state index in [1.165, 1.54) is 0 Å². The second-order valence-electron chi connectivity index (χ2n) is 2.46. The molecule has 0 aliphatic carbocycles. The molecule has 1 unspecified atom stereocenters. The van der Waals surface area contributed by atoms with Crippen molar-refractivity contribution in [2.24, 2.45) is 20.7 Å². The predicted molar refractivity (Wildman–Crippen MR) is 36.1 cm³/mol. The first-order chi connectivity index (χ1) is 5.47. The second kappa shape index (κ2) is 3.02. The third-order valence-corrected chi connectivity index (χ3v) is 1.69. The Morgan fingerprint density at radius 2 is 2.09 bits per heavy atom. The molecule has 2 rings (SSSR count). The molecule has 1 N–H and O–H groups in total. The van der Waals surface area contributed by atoms with Crippen molar-refractivity contribution in [3.8, 4) is 0 Å². The fraction of sp³-hybridized carbons (Fsp3) is 1.00. The van der Waals surface area contributed by atoms with Gasteiger partial charge in [-0.3, -0.25) is 0 Å². The first kappa shape index (κ1) is 6.81. The third-order valence-electron chi connectivity index (χ3n) is 1.69. The van der Waals surface area contributed by atoms with Crippen LogP contribution in [0.2, 0.25) is 0 Å². The molecule has 1 saturated heterocycles. The van der Waals surface area contributed by atoms with Crippen LogP contribution in [-0.4, -0.2) is 32.0 Å². The summed E-state index contributed by atoms with van der Waals surface area (Å²) in [7, 11) is 0. The first-order valence-electron chi connectivity index (χ1n) is 3.58. The van der Waals surface area contributed by atoms with Crippen molar-refractivity contribution in [2.75, 3.05) is 19.8 Å². The number of morpholine rings is 1. The van der Waals surface area contributed by atoms with Crippen LogP contribution < -0.4 is 5.32 Å². The van der Waals surface area contributed by atoms with E-state index in [1.807, 2.05) is 0 Å². The molecule has 2 heterocycles. The van der Waals surface area contributed by atoms with Gasteiger partial charge in [0.25, 0.3) is 0 Å². The fourth-order valence-corrected chi connectivity index (χ4v) is 1.11. The molecule has 0 spiro atoms. The molecule has 11 heavy (non-hydrogen) atoms. The molecule has 0 aromatic carbocycles. The SMILES string of the molecule is C1COCC(C2N=NN=N2)N1. The molecule has 6 nitrogen and oxygen atoms in total. The Balaban J connectivity index is 1.92. The number of nitrogens with zero attached hydrogens (tertiary/aromatic N) is 4. The van der Waals surface area contributed by atoms with Crippen molar-refractivity contribution in [3.05, 3.63) is 0 Å². The highest BCUT2D eigenvalue weighted by Crippen LogP contribution is 2.11. The van der Waals surface area contributed by atoms with Gasteiger partial charge in [0.2, 0.25) is 6.17 Å². The molecule has 0 radical (unpaired) electrons. The van der Waals surface area contributed by atoms with Gasteiger partial charge in [-0.15, -0.1) is 10.2 Å². The largest absolute Gasteiger partial charge is 0.378 e. The van der Waals surface area contributed by atoms with Gasteiger partial charge in [0, 0.05) is 6.54 Å². The first-order valence-corrected chi connectivity index (χ1v) is 3.58. The summed E-state index contributed by atoms with van der Waals surface area (Å²) in [4.78, 5) is 0. The van der Waals surface area contributed by atoms with Crippen molar-refractivity contribution in [1.29, 1.82) is 0 Å². The zero-order valence-corrected chi connectivity index (χ0v) is 5.97. The molecule has 6 heteroatoms. The highest BCUT2D eigenvalue weighted by Gasteiger charge is 2.25. The van der Waals surface area contributed by atoms with E-state index in [1.54, 1.807) is 0 Å². The average molecular weight is 155 g/mol. The molecule has 1 fully saturated rings. The van der Waals surface area contributed by atoms with E-state index in [4.69, 9.17) is 4.74 Å². The smallest absolute Gasteiger partial charge is 0.202 e. The summed E-state index contributed by atoms with van der Waals surface area (Å²) in [5, 5.41) is 17.7. The predicted octanol–water partition coefficient (Wildman–Crippen LogP) is 0.134. The minimum atomic E-state index is -0.171. The monoisotopic (exact) mass is 155 g/mol. The summed E-state index contributed by atoms with van der Waals surface area (Å²) in [6.45, 7) is 2.26. The van der Waals surface area contributed by atoms with Gasteiger partial charge in [0.05, 0.1) is 19.3 Å². The van der Waals surface area contributed by atoms with Gasteiger partial charge in [0.1, 0.15) is 0 Å². The Kier molecular flexibility index (Phi) is 1.87. The summed E-state index contributed by atoms with van der Waals surface area (Å²) in [5.74, 6) is 0. The molecule has 60 valence electrons. The number of ether oxygens (including phenoxy) is 1. The molecule has 0 amide bonds. The van der Waals surface area contributed by atoms with E-state index in [2.05, 4.69) is 26.0 Å². The normalized spacial score (nSPS) is 31.5. The zero-order valence-electron chi connectivity index (χ0n) is 5.97. The lowest BCUT2D eigenvalue weighted by Gasteiger charge is -2.23. The van der Waals surface area contributed by atoms with Crippen molar-refractivity contribution in [3.63, 3.8) is 0 Å². The van der Waals surface area contributed by atoms with Gasteiger partial charge in [0.15, 0.2) is 0 Å². The van der Waals surface area contributed by atoms with Crippen LogP contribution in [0.1, 0.15) is 0 Å². The molecular formula is C5H9N5O. The highest BCUT2D eigenvalue weighted by atomic mass is 16.5. The molecular weight excluding hydrogens is 146 g/mol. The lowest BCUT2D eigenvalue weighted by Crippen LogP contribution is -2.46. The summed E-state index contributed by atoms with van der Waals surface area (Å²) in [6, 6.07) is 0.152. The van der Waals surface area contributed by atoms with Crippen LogP contribution in [0.4, 0.5) is 0 Å². The van der Waals surface area contributed by atoms with Gasteiger partial charge < -0.3 is 10.1 Å².